The molecule has 1 saturated heterocycles. The van der Waals surface area contributed by atoms with Crippen molar-refractivity contribution in [2.24, 2.45) is 0 Å². The van der Waals surface area contributed by atoms with Crippen molar-refractivity contribution in [2.45, 2.75) is 38.6 Å². The number of fused-ring (bicyclic) bond motifs is 1. The number of nitrogen functional groups attached to an aromatic ring is 1. The molecule has 7 nitrogen and oxygen atoms in total. The molecule has 29 heavy (non-hydrogen) atoms. The number of nitrogens with two attached hydrogens (primary N) is 1. The highest BCUT2D eigenvalue weighted by molar-refractivity contribution is 5.98. The first-order chi connectivity index (χ1) is 14.1. The minimum absolute atomic E-state index is 0.0833. The molecule has 1 aliphatic rings. The van der Waals surface area contributed by atoms with E-state index in [-0.39, 0.29) is 11.9 Å². The average molecular weight is 393 g/mol. The monoisotopic (exact) mass is 392 g/mol. The Balaban J connectivity index is 1.53. The number of anilines is 1. The largest absolute Gasteiger partial charge is 0.383 e. The molecular formula is C22H28N6O. The minimum atomic E-state index is -0.224. The molecule has 3 aromatic rings. The van der Waals surface area contributed by atoms with E-state index in [4.69, 9.17) is 5.73 Å². The molecule has 7 heteroatoms. The zero-order chi connectivity index (χ0) is 20.2. The van der Waals surface area contributed by atoms with Crippen molar-refractivity contribution in [3.05, 3.63) is 59.4 Å². The van der Waals surface area contributed by atoms with Crippen LogP contribution < -0.4 is 11.1 Å². The van der Waals surface area contributed by atoms with Crippen molar-refractivity contribution in [2.75, 3.05) is 25.4 Å². The number of carbonyl (C=O) groups excluding carboxylic acids is 1. The topological polar surface area (TPSA) is 88.5 Å². The summed E-state index contributed by atoms with van der Waals surface area (Å²) in [6.45, 7) is 5.12. The van der Waals surface area contributed by atoms with E-state index in [0.717, 1.165) is 37.3 Å². The predicted octanol–water partition coefficient (Wildman–Crippen LogP) is 2.97. The highest BCUT2D eigenvalue weighted by Crippen LogP contribution is 2.21. The Labute approximate surface area is 170 Å². The van der Waals surface area contributed by atoms with E-state index in [9.17, 15) is 4.79 Å². The van der Waals surface area contributed by atoms with Crippen LogP contribution >= 0.6 is 0 Å². The second-order valence-corrected chi connectivity index (χ2v) is 7.74. The van der Waals surface area contributed by atoms with Crippen LogP contribution in [0.2, 0.25) is 0 Å². The molecule has 1 unspecified atom stereocenters. The van der Waals surface area contributed by atoms with Gasteiger partial charge in [0.05, 0.1) is 17.3 Å². The molecule has 3 N–H and O–H groups in total. The molecule has 1 fully saturated rings. The first kappa shape index (κ1) is 19.4. The van der Waals surface area contributed by atoms with Gasteiger partial charge in [-0.3, -0.25) is 4.79 Å². The third-order valence-electron chi connectivity index (χ3n) is 5.58. The number of nitrogens with one attached hydrogen (secondary N) is 1. The van der Waals surface area contributed by atoms with Gasteiger partial charge in [-0.15, -0.1) is 0 Å². The number of likely N-dealkylation sites (tertiary alicyclic amines) is 1. The number of aromatic nitrogens is 3. The lowest BCUT2D eigenvalue weighted by Gasteiger charge is -2.28. The lowest BCUT2D eigenvalue weighted by Crippen LogP contribution is -2.35. The number of benzene rings is 1. The van der Waals surface area contributed by atoms with Gasteiger partial charge in [-0.1, -0.05) is 36.8 Å². The van der Waals surface area contributed by atoms with Crippen LogP contribution in [0.1, 0.15) is 53.3 Å². The van der Waals surface area contributed by atoms with Crippen LogP contribution in [-0.2, 0) is 0 Å². The molecular weight excluding hydrogens is 364 g/mol. The molecule has 0 radical (unpaired) electrons. The summed E-state index contributed by atoms with van der Waals surface area (Å²) in [5.74, 6) is 0.0843. The number of nitrogens with zero attached hydrogens (tertiary/aromatic N) is 4. The van der Waals surface area contributed by atoms with Crippen molar-refractivity contribution >= 4 is 17.4 Å². The van der Waals surface area contributed by atoms with Gasteiger partial charge in [-0.25, -0.2) is 4.98 Å². The molecule has 152 valence electrons. The van der Waals surface area contributed by atoms with E-state index in [1.165, 1.54) is 30.0 Å². The molecule has 3 heterocycles. The predicted molar refractivity (Wildman–Crippen MR) is 114 cm³/mol. The second kappa shape index (κ2) is 8.61. The summed E-state index contributed by atoms with van der Waals surface area (Å²) < 4.78 is 1.52. The zero-order valence-electron chi connectivity index (χ0n) is 16.8. The number of hydrogen-bond acceptors (Lipinski definition) is 5. The van der Waals surface area contributed by atoms with Crippen LogP contribution in [0.25, 0.3) is 5.65 Å². The van der Waals surface area contributed by atoms with Crippen LogP contribution in [-0.4, -0.2) is 45.0 Å². The number of hydrogen-bond donors (Lipinski definition) is 2. The summed E-state index contributed by atoms with van der Waals surface area (Å²) in [6, 6.07) is 11.9. The Morgan fingerprint density at radius 2 is 1.97 bits per heavy atom. The fourth-order valence-corrected chi connectivity index (χ4v) is 3.98. The molecule has 0 bridgehead atoms. The quantitative estimate of drug-likeness (QED) is 0.673. The summed E-state index contributed by atoms with van der Waals surface area (Å²) in [7, 11) is 0. The Morgan fingerprint density at radius 3 is 2.72 bits per heavy atom. The summed E-state index contributed by atoms with van der Waals surface area (Å²) >= 11 is 0. The standard InChI is InChI=1S/C22H28N6O/c1-16-14-20-24-15-18(21(23)28(20)26-16)22(29)25-19(17-8-4-2-5-9-17)10-13-27-11-6-3-7-12-27/h2,4-5,8-9,14-15,19H,3,6-7,10-13,23H2,1H3,(H,25,29). The molecule has 0 spiro atoms. The van der Waals surface area contributed by atoms with E-state index in [1.807, 2.05) is 31.2 Å². The number of aryl methyl sites for hydroxylation is 1. The Kier molecular flexibility index (Phi) is 5.76. The first-order valence-corrected chi connectivity index (χ1v) is 10.3. The van der Waals surface area contributed by atoms with Crippen LogP contribution in [0.5, 0.6) is 0 Å². The van der Waals surface area contributed by atoms with Gasteiger partial charge in [0.25, 0.3) is 5.91 Å². The first-order valence-electron chi connectivity index (χ1n) is 10.3. The molecule has 0 saturated carbocycles. The number of carbonyl (C=O) groups is 1. The summed E-state index contributed by atoms with van der Waals surface area (Å²) in [5, 5.41) is 7.51. The van der Waals surface area contributed by atoms with Gasteiger partial charge in [0, 0.05) is 18.8 Å². The van der Waals surface area contributed by atoms with E-state index in [2.05, 4.69) is 32.4 Å². The van der Waals surface area contributed by atoms with Crippen LogP contribution in [0.4, 0.5) is 5.82 Å². The second-order valence-electron chi connectivity index (χ2n) is 7.74. The maximum absolute atomic E-state index is 13.1. The van der Waals surface area contributed by atoms with E-state index in [0.29, 0.717) is 17.0 Å². The third-order valence-corrected chi connectivity index (χ3v) is 5.58. The van der Waals surface area contributed by atoms with Crippen molar-refractivity contribution < 1.29 is 4.79 Å². The lowest BCUT2D eigenvalue weighted by atomic mass is 10.0. The fourth-order valence-electron chi connectivity index (χ4n) is 3.98. The van der Waals surface area contributed by atoms with Crippen molar-refractivity contribution in [1.82, 2.24) is 24.8 Å². The summed E-state index contributed by atoms with van der Waals surface area (Å²) in [4.78, 5) is 19.9. The molecule has 1 amide bonds. The van der Waals surface area contributed by atoms with Crippen molar-refractivity contribution in [1.29, 1.82) is 0 Å². The maximum atomic E-state index is 13.1. The molecule has 2 aromatic heterocycles. The molecule has 1 aliphatic heterocycles. The van der Waals surface area contributed by atoms with Gasteiger partial charge in [0.2, 0.25) is 0 Å². The SMILES string of the molecule is Cc1cc2ncc(C(=O)NC(CCN3CCCCC3)c3ccccc3)c(N)n2n1. The van der Waals surface area contributed by atoms with Crippen LogP contribution in [0.3, 0.4) is 0 Å². The number of piperidine rings is 1. The summed E-state index contributed by atoms with van der Waals surface area (Å²) in [6.07, 6.45) is 6.22. The van der Waals surface area contributed by atoms with Gasteiger partial charge in [-0.2, -0.15) is 9.61 Å². The Morgan fingerprint density at radius 1 is 1.21 bits per heavy atom. The van der Waals surface area contributed by atoms with Gasteiger partial charge in [0.15, 0.2) is 5.65 Å². The fraction of sp³-hybridized carbons (Fsp3) is 0.409. The van der Waals surface area contributed by atoms with E-state index < -0.39 is 0 Å². The average Bonchev–Trinajstić information content (AvgIpc) is 3.14. The normalized spacial score (nSPS) is 16.0. The van der Waals surface area contributed by atoms with E-state index >= 15 is 0 Å². The van der Waals surface area contributed by atoms with Crippen LogP contribution in [0, 0.1) is 6.92 Å². The Hall–Kier alpha value is -2.93. The molecule has 0 aliphatic carbocycles. The maximum Gasteiger partial charge on any atom is 0.257 e. The lowest BCUT2D eigenvalue weighted by molar-refractivity contribution is 0.0930. The summed E-state index contributed by atoms with van der Waals surface area (Å²) in [5.41, 5.74) is 9.12. The highest BCUT2D eigenvalue weighted by Gasteiger charge is 2.21. The van der Waals surface area contributed by atoms with Gasteiger partial charge < -0.3 is 16.0 Å². The molecule has 1 aromatic carbocycles. The van der Waals surface area contributed by atoms with Gasteiger partial charge in [-0.05, 0) is 44.8 Å². The van der Waals surface area contributed by atoms with Gasteiger partial charge in [0.1, 0.15) is 5.82 Å². The highest BCUT2D eigenvalue weighted by atomic mass is 16.1. The van der Waals surface area contributed by atoms with Crippen molar-refractivity contribution in [3.8, 4) is 0 Å². The number of rotatable bonds is 6. The van der Waals surface area contributed by atoms with Gasteiger partial charge >= 0.3 is 0 Å². The third kappa shape index (κ3) is 4.40. The minimum Gasteiger partial charge on any atom is -0.383 e. The Bertz CT molecular complexity index is 978. The van der Waals surface area contributed by atoms with Crippen molar-refractivity contribution in [3.63, 3.8) is 0 Å². The zero-order valence-corrected chi connectivity index (χ0v) is 16.8. The smallest absolute Gasteiger partial charge is 0.257 e. The van der Waals surface area contributed by atoms with E-state index in [1.54, 1.807) is 0 Å². The molecule has 4 rings (SSSR count). The number of amides is 1. The molecule has 1 atom stereocenters. The van der Waals surface area contributed by atoms with Crippen LogP contribution in [0.15, 0.2) is 42.6 Å².